The number of hydrogen-bond acceptors (Lipinski definition) is 3. The summed E-state index contributed by atoms with van der Waals surface area (Å²) < 4.78 is 0. The van der Waals surface area contributed by atoms with E-state index in [1.54, 1.807) is 7.05 Å². The van der Waals surface area contributed by atoms with E-state index >= 15 is 0 Å². The Morgan fingerprint density at radius 3 is 2.80 bits per heavy atom. The van der Waals surface area contributed by atoms with Crippen molar-refractivity contribution in [1.82, 2.24) is 5.32 Å². The van der Waals surface area contributed by atoms with Crippen molar-refractivity contribution >= 4 is 17.5 Å². The van der Waals surface area contributed by atoms with Gasteiger partial charge in [-0.25, -0.2) is 0 Å². The maximum atomic E-state index is 11.8. The molecule has 0 atom stereocenters. The van der Waals surface area contributed by atoms with Crippen LogP contribution < -0.4 is 5.32 Å². The summed E-state index contributed by atoms with van der Waals surface area (Å²) in [6.07, 6.45) is 0. The first-order valence-electron chi connectivity index (χ1n) is 5.17. The summed E-state index contributed by atoms with van der Waals surface area (Å²) in [5.41, 5.74) is 2.13. The lowest BCUT2D eigenvalue weighted by Gasteiger charge is -2.27. The number of carbonyl (C=O) groups is 1. The van der Waals surface area contributed by atoms with E-state index < -0.39 is 0 Å². The fourth-order valence-electron chi connectivity index (χ4n) is 1.78. The van der Waals surface area contributed by atoms with Gasteiger partial charge in [-0.1, -0.05) is 24.3 Å². The van der Waals surface area contributed by atoms with Gasteiger partial charge in [-0.3, -0.25) is 4.79 Å². The van der Waals surface area contributed by atoms with Crippen molar-refractivity contribution in [1.29, 1.82) is 0 Å². The molecule has 1 aliphatic heterocycles. The summed E-state index contributed by atoms with van der Waals surface area (Å²) >= 11 is 1.95. The van der Waals surface area contributed by atoms with E-state index in [9.17, 15) is 4.79 Å². The van der Waals surface area contributed by atoms with Crippen molar-refractivity contribution < 1.29 is 4.79 Å². The van der Waals surface area contributed by atoms with E-state index in [1.807, 2.05) is 30.0 Å². The first-order valence-corrected chi connectivity index (χ1v) is 6.33. The monoisotopic (exact) mass is 221 g/mol. The van der Waals surface area contributed by atoms with E-state index in [2.05, 4.69) is 11.4 Å². The van der Waals surface area contributed by atoms with E-state index in [4.69, 9.17) is 0 Å². The second kappa shape index (κ2) is 4.81. The molecule has 1 fully saturated rings. The molecule has 1 aliphatic rings. The fraction of sp³-hybridized carbons (Fsp3) is 0.417. The van der Waals surface area contributed by atoms with Gasteiger partial charge in [0.15, 0.2) is 5.78 Å². The van der Waals surface area contributed by atoms with Gasteiger partial charge in [0.25, 0.3) is 0 Å². The average molecular weight is 221 g/mol. The third-order valence-corrected chi connectivity index (χ3v) is 3.95. The molecule has 2 nitrogen and oxygen atoms in total. The van der Waals surface area contributed by atoms with Crippen LogP contribution in [-0.2, 0) is 0 Å². The first kappa shape index (κ1) is 10.7. The topological polar surface area (TPSA) is 29.1 Å². The van der Waals surface area contributed by atoms with Crippen LogP contribution in [0.1, 0.15) is 21.8 Å². The highest BCUT2D eigenvalue weighted by Crippen LogP contribution is 2.35. The molecule has 0 saturated carbocycles. The molecular formula is C12H15NOS. The van der Waals surface area contributed by atoms with Crippen molar-refractivity contribution in [2.45, 2.75) is 5.92 Å². The lowest BCUT2D eigenvalue weighted by atomic mass is 9.94. The maximum Gasteiger partial charge on any atom is 0.176 e. The van der Waals surface area contributed by atoms with Gasteiger partial charge >= 0.3 is 0 Å². The number of Topliss-reactive ketones (excluding diaryl/α,β-unsaturated/α-hetero) is 1. The normalized spacial score (nSPS) is 16.1. The Morgan fingerprint density at radius 1 is 1.47 bits per heavy atom. The zero-order chi connectivity index (χ0) is 10.7. The molecule has 0 unspecified atom stereocenters. The number of ketones is 1. The highest BCUT2D eigenvalue weighted by molar-refractivity contribution is 8.00. The van der Waals surface area contributed by atoms with Crippen molar-refractivity contribution in [3.63, 3.8) is 0 Å². The Labute approximate surface area is 94.4 Å². The quantitative estimate of drug-likeness (QED) is 0.788. The van der Waals surface area contributed by atoms with Crippen molar-refractivity contribution in [3.05, 3.63) is 35.4 Å². The zero-order valence-electron chi connectivity index (χ0n) is 8.82. The highest BCUT2D eigenvalue weighted by atomic mass is 32.2. The molecule has 0 aromatic heterocycles. The third kappa shape index (κ3) is 2.24. The number of carbonyl (C=O) groups excluding carboxylic acids is 1. The van der Waals surface area contributed by atoms with Crippen LogP contribution in [-0.4, -0.2) is 30.9 Å². The second-order valence-electron chi connectivity index (χ2n) is 3.78. The molecule has 0 amide bonds. The number of hydrogen-bond donors (Lipinski definition) is 1. The minimum atomic E-state index is 0.199. The van der Waals surface area contributed by atoms with Crippen LogP contribution in [0.2, 0.25) is 0 Å². The predicted octanol–water partition coefficient (Wildman–Crippen LogP) is 1.92. The second-order valence-corrected chi connectivity index (χ2v) is 4.85. The van der Waals surface area contributed by atoms with Gasteiger partial charge in [-0.05, 0) is 12.6 Å². The minimum Gasteiger partial charge on any atom is -0.313 e. The molecule has 3 heteroatoms. The summed E-state index contributed by atoms with van der Waals surface area (Å²) in [4.78, 5) is 11.8. The SMILES string of the molecule is CNCC(=O)c1ccccc1C1CSC1. The van der Waals surface area contributed by atoms with E-state index in [0.29, 0.717) is 12.5 Å². The molecule has 0 bridgehead atoms. The fourth-order valence-corrected chi connectivity index (χ4v) is 2.61. The van der Waals surface area contributed by atoms with Crippen molar-refractivity contribution in [2.75, 3.05) is 25.1 Å². The Morgan fingerprint density at radius 2 is 2.20 bits per heavy atom. The van der Waals surface area contributed by atoms with Crippen LogP contribution >= 0.6 is 11.8 Å². The number of benzene rings is 1. The van der Waals surface area contributed by atoms with Crippen molar-refractivity contribution in [3.8, 4) is 0 Å². The molecule has 1 N–H and O–H groups in total. The highest BCUT2D eigenvalue weighted by Gasteiger charge is 2.24. The van der Waals surface area contributed by atoms with Crippen LogP contribution in [0, 0.1) is 0 Å². The van der Waals surface area contributed by atoms with Crippen LogP contribution in [0.4, 0.5) is 0 Å². The van der Waals surface area contributed by atoms with Gasteiger partial charge in [-0.2, -0.15) is 11.8 Å². The zero-order valence-corrected chi connectivity index (χ0v) is 9.64. The first-order chi connectivity index (χ1) is 7.33. The van der Waals surface area contributed by atoms with Crippen LogP contribution in [0.15, 0.2) is 24.3 Å². The summed E-state index contributed by atoms with van der Waals surface area (Å²) in [5, 5.41) is 2.91. The Bertz CT molecular complexity index is 360. The molecule has 0 spiro atoms. The van der Waals surface area contributed by atoms with E-state index in [1.165, 1.54) is 5.56 Å². The molecule has 1 aromatic carbocycles. The summed E-state index contributed by atoms with van der Waals surface area (Å²) in [5.74, 6) is 3.10. The van der Waals surface area contributed by atoms with Crippen molar-refractivity contribution in [2.24, 2.45) is 0 Å². The lowest BCUT2D eigenvalue weighted by Crippen LogP contribution is -2.23. The largest absolute Gasteiger partial charge is 0.313 e. The van der Waals surface area contributed by atoms with Gasteiger partial charge in [-0.15, -0.1) is 0 Å². The smallest absolute Gasteiger partial charge is 0.176 e. The number of nitrogens with one attached hydrogen (secondary N) is 1. The van der Waals surface area contributed by atoms with Gasteiger partial charge < -0.3 is 5.32 Å². The molecule has 15 heavy (non-hydrogen) atoms. The summed E-state index contributed by atoms with van der Waals surface area (Å²) in [7, 11) is 1.81. The maximum absolute atomic E-state index is 11.8. The van der Waals surface area contributed by atoms with Gasteiger partial charge in [0.05, 0.1) is 6.54 Å². The van der Waals surface area contributed by atoms with Gasteiger partial charge in [0.1, 0.15) is 0 Å². The minimum absolute atomic E-state index is 0.199. The number of thioether (sulfide) groups is 1. The molecular weight excluding hydrogens is 206 g/mol. The van der Waals surface area contributed by atoms with Crippen LogP contribution in [0.5, 0.6) is 0 Å². The van der Waals surface area contributed by atoms with Crippen LogP contribution in [0.3, 0.4) is 0 Å². The average Bonchev–Trinajstić information content (AvgIpc) is 2.16. The van der Waals surface area contributed by atoms with E-state index in [-0.39, 0.29) is 5.78 Å². The predicted molar refractivity (Wildman–Crippen MR) is 64.8 cm³/mol. The Kier molecular flexibility index (Phi) is 3.44. The summed E-state index contributed by atoms with van der Waals surface area (Å²) in [6.45, 7) is 0.427. The molecule has 2 rings (SSSR count). The molecule has 0 radical (unpaired) electrons. The number of likely N-dealkylation sites (N-methyl/N-ethyl adjacent to an activating group) is 1. The molecule has 1 heterocycles. The van der Waals surface area contributed by atoms with Gasteiger partial charge in [0.2, 0.25) is 0 Å². The lowest BCUT2D eigenvalue weighted by molar-refractivity contribution is 0.0992. The molecule has 80 valence electrons. The van der Waals surface area contributed by atoms with Gasteiger partial charge in [0, 0.05) is 23.0 Å². The molecule has 1 aromatic rings. The molecule has 1 saturated heterocycles. The Balaban J connectivity index is 2.24. The summed E-state index contributed by atoms with van der Waals surface area (Å²) in [6, 6.07) is 8.00. The van der Waals surface area contributed by atoms with E-state index in [0.717, 1.165) is 17.1 Å². The standard InChI is InChI=1S/C12H15NOS/c1-13-6-12(14)11-5-3-2-4-10(11)9-7-15-8-9/h2-5,9,13H,6-8H2,1H3. The Hall–Kier alpha value is -0.800. The van der Waals surface area contributed by atoms with Crippen LogP contribution in [0.25, 0.3) is 0 Å². The molecule has 0 aliphatic carbocycles. The third-order valence-electron chi connectivity index (χ3n) is 2.68. The number of rotatable bonds is 4.